The Kier molecular flexibility index (Phi) is 4.64. The van der Waals surface area contributed by atoms with E-state index in [-0.39, 0.29) is 11.3 Å². The van der Waals surface area contributed by atoms with Crippen molar-refractivity contribution in [3.05, 3.63) is 85.1 Å². The minimum Gasteiger partial charge on any atom is -0.508 e. The largest absolute Gasteiger partial charge is 0.508 e. The number of rotatable bonds is 2. The molecule has 158 valence electrons. The molecule has 1 N–H and O–H groups in total. The summed E-state index contributed by atoms with van der Waals surface area (Å²) in [6, 6.07) is 14.8. The van der Waals surface area contributed by atoms with Crippen LogP contribution in [0.4, 0.5) is 0 Å². The average Bonchev–Trinajstić information content (AvgIpc) is 3.14. The highest BCUT2D eigenvalue weighted by atomic mass is 79.9. The topological polar surface area (TPSA) is 78.4 Å². The zero-order chi connectivity index (χ0) is 21.9. The summed E-state index contributed by atoms with van der Waals surface area (Å²) in [5.74, 6) is 0.0890. The van der Waals surface area contributed by atoms with Crippen molar-refractivity contribution in [2.24, 2.45) is 14.1 Å². The van der Waals surface area contributed by atoms with Crippen LogP contribution in [-0.4, -0.2) is 25.4 Å². The molecule has 0 fully saturated rings. The van der Waals surface area contributed by atoms with Gasteiger partial charge in [0.05, 0.1) is 28.9 Å². The second-order valence-electron chi connectivity index (χ2n) is 7.63. The molecule has 3 heterocycles. The Morgan fingerprint density at radius 3 is 2.55 bits per heavy atom. The van der Waals surface area contributed by atoms with Crippen LogP contribution in [-0.2, 0) is 25.4 Å². The molecule has 0 spiro atoms. The van der Waals surface area contributed by atoms with Crippen molar-refractivity contribution in [3.63, 3.8) is 0 Å². The van der Waals surface area contributed by atoms with Crippen LogP contribution in [0.25, 0.3) is 22.2 Å². The van der Waals surface area contributed by atoms with Crippen LogP contribution in [0.1, 0.15) is 17.4 Å². The lowest BCUT2D eigenvalue weighted by molar-refractivity contribution is 0.0464. The van der Waals surface area contributed by atoms with Crippen molar-refractivity contribution in [2.45, 2.75) is 12.6 Å². The highest BCUT2D eigenvalue weighted by molar-refractivity contribution is 9.10. The molecule has 1 aliphatic heterocycles. The number of hydrogen-bond acceptors (Lipinski definition) is 4. The summed E-state index contributed by atoms with van der Waals surface area (Å²) >= 11 is 3.46. The average molecular weight is 482 g/mol. The summed E-state index contributed by atoms with van der Waals surface area (Å²) in [4.78, 5) is 26.1. The molecule has 0 saturated carbocycles. The summed E-state index contributed by atoms with van der Waals surface area (Å²) in [6.45, 7) is 0.926. The second kappa shape index (κ2) is 7.25. The number of aryl methyl sites for hydroxylation is 1. The Balaban J connectivity index is 1.97. The van der Waals surface area contributed by atoms with E-state index in [9.17, 15) is 14.7 Å². The fourth-order valence-corrected chi connectivity index (χ4v) is 4.83. The third-order valence-electron chi connectivity index (χ3n) is 5.87. The summed E-state index contributed by atoms with van der Waals surface area (Å²) in [5, 5.41) is 11.1. The smallest absolute Gasteiger partial charge is 0.331 e. The Labute approximate surface area is 185 Å². The maximum absolute atomic E-state index is 13.3. The molecule has 31 heavy (non-hydrogen) atoms. The van der Waals surface area contributed by atoms with E-state index in [4.69, 9.17) is 4.74 Å². The highest BCUT2D eigenvalue weighted by Gasteiger charge is 2.34. The maximum atomic E-state index is 13.3. The number of nitrogens with zero attached hydrogens (tertiary/aromatic N) is 3. The van der Waals surface area contributed by atoms with Gasteiger partial charge in [-0.2, -0.15) is 0 Å². The summed E-state index contributed by atoms with van der Waals surface area (Å²) in [7, 11) is 3.15. The van der Waals surface area contributed by atoms with Crippen molar-refractivity contribution >= 4 is 26.8 Å². The van der Waals surface area contributed by atoms with Crippen LogP contribution < -0.4 is 11.2 Å². The van der Waals surface area contributed by atoms with Crippen LogP contribution in [0.2, 0.25) is 0 Å². The van der Waals surface area contributed by atoms with Crippen molar-refractivity contribution in [1.29, 1.82) is 0 Å². The van der Waals surface area contributed by atoms with Crippen molar-refractivity contribution in [2.75, 3.05) is 6.61 Å². The van der Waals surface area contributed by atoms with Gasteiger partial charge in [0, 0.05) is 30.7 Å². The van der Waals surface area contributed by atoms with Gasteiger partial charge in [-0.3, -0.25) is 13.9 Å². The van der Waals surface area contributed by atoms with Crippen molar-refractivity contribution in [3.8, 4) is 17.0 Å². The summed E-state index contributed by atoms with van der Waals surface area (Å²) in [6.07, 6.45) is -0.635. The summed E-state index contributed by atoms with van der Waals surface area (Å²) < 4.78 is 11.6. The molecule has 1 atom stereocenters. The number of halogens is 1. The first-order chi connectivity index (χ1) is 14.9. The number of ether oxygens (including phenoxy) is 1. The van der Waals surface area contributed by atoms with E-state index in [1.54, 1.807) is 25.2 Å². The fraction of sp³-hybridized carbons (Fsp3) is 0.217. The third-order valence-corrected chi connectivity index (χ3v) is 6.36. The van der Waals surface area contributed by atoms with E-state index in [1.807, 2.05) is 30.3 Å². The van der Waals surface area contributed by atoms with Gasteiger partial charge in [-0.05, 0) is 23.8 Å². The van der Waals surface area contributed by atoms with Gasteiger partial charge in [0.1, 0.15) is 11.9 Å². The lowest BCUT2D eigenvalue weighted by Crippen LogP contribution is -2.37. The van der Waals surface area contributed by atoms with Crippen LogP contribution in [0, 0.1) is 0 Å². The van der Waals surface area contributed by atoms with E-state index in [0.29, 0.717) is 35.3 Å². The Hall–Kier alpha value is -3.10. The number of fused-ring (bicyclic) bond motifs is 3. The van der Waals surface area contributed by atoms with Crippen LogP contribution >= 0.6 is 15.9 Å². The Morgan fingerprint density at radius 2 is 1.81 bits per heavy atom. The Bertz CT molecular complexity index is 1450. The van der Waals surface area contributed by atoms with Gasteiger partial charge < -0.3 is 14.4 Å². The minimum atomic E-state index is -0.635. The number of aromatic hydroxyl groups is 1. The molecule has 0 unspecified atom stereocenters. The molecule has 5 rings (SSSR count). The molecule has 2 aromatic heterocycles. The van der Waals surface area contributed by atoms with E-state index in [2.05, 4.69) is 20.5 Å². The van der Waals surface area contributed by atoms with Crippen LogP contribution in [0.15, 0.2) is 62.6 Å². The van der Waals surface area contributed by atoms with Gasteiger partial charge in [0.25, 0.3) is 5.56 Å². The quantitative estimate of drug-likeness (QED) is 0.476. The first-order valence-electron chi connectivity index (χ1n) is 9.87. The van der Waals surface area contributed by atoms with Crippen molar-refractivity contribution < 1.29 is 9.84 Å². The number of phenols is 1. The number of phenolic OH excluding ortho intramolecular Hbond substituents is 1. The van der Waals surface area contributed by atoms with Crippen LogP contribution in [0.5, 0.6) is 5.75 Å². The standard InChI is InChI=1S/C23H20BrN3O4/c1-25-19-17(22(29)26(2)23(25)30)18(13-6-4-3-5-7-13)27-10-11-31-21(20(19)27)15-12-14(24)8-9-16(15)28/h3-9,12,21,28H,10-11H2,1-2H3/t21-/m1/s1. The molecule has 2 aromatic carbocycles. The zero-order valence-electron chi connectivity index (χ0n) is 17.0. The Morgan fingerprint density at radius 1 is 1.06 bits per heavy atom. The van der Waals surface area contributed by atoms with Crippen LogP contribution in [0.3, 0.4) is 0 Å². The van der Waals surface area contributed by atoms with Gasteiger partial charge >= 0.3 is 5.69 Å². The number of benzene rings is 2. The lowest BCUT2D eigenvalue weighted by Gasteiger charge is -2.28. The first kappa shape index (κ1) is 19.8. The maximum Gasteiger partial charge on any atom is 0.331 e. The lowest BCUT2D eigenvalue weighted by atomic mass is 10.0. The molecular formula is C23H20BrN3O4. The van der Waals surface area contributed by atoms with Crippen molar-refractivity contribution in [1.82, 2.24) is 13.7 Å². The van der Waals surface area contributed by atoms with Gasteiger partial charge in [0.2, 0.25) is 0 Å². The number of hydrogen-bond donors (Lipinski definition) is 1. The van der Waals surface area contributed by atoms with E-state index >= 15 is 0 Å². The molecule has 4 aromatic rings. The molecule has 0 radical (unpaired) electrons. The molecule has 7 nitrogen and oxygen atoms in total. The summed E-state index contributed by atoms with van der Waals surface area (Å²) in [5.41, 5.74) is 2.66. The van der Waals surface area contributed by atoms with Gasteiger partial charge in [-0.1, -0.05) is 46.3 Å². The second-order valence-corrected chi connectivity index (χ2v) is 8.55. The highest BCUT2D eigenvalue weighted by Crippen LogP contribution is 2.43. The molecule has 0 amide bonds. The van der Waals surface area contributed by atoms with E-state index < -0.39 is 11.8 Å². The van der Waals surface area contributed by atoms with Gasteiger partial charge in [0.15, 0.2) is 0 Å². The van der Waals surface area contributed by atoms with Gasteiger partial charge in [-0.15, -0.1) is 0 Å². The molecule has 1 aliphatic rings. The molecule has 0 saturated heterocycles. The SMILES string of the molecule is Cn1c(=O)c2c(-c3ccccc3)n3c(c2n(C)c1=O)[C@@H](c1cc(Br)ccc1O)OCC3. The number of aromatic nitrogens is 3. The van der Waals surface area contributed by atoms with E-state index in [1.165, 1.54) is 11.6 Å². The fourth-order valence-electron chi connectivity index (χ4n) is 4.45. The molecule has 0 aliphatic carbocycles. The zero-order valence-corrected chi connectivity index (χ0v) is 18.6. The van der Waals surface area contributed by atoms with Gasteiger partial charge in [-0.25, -0.2) is 4.79 Å². The molecular weight excluding hydrogens is 462 g/mol. The molecule has 0 bridgehead atoms. The van der Waals surface area contributed by atoms with E-state index in [0.717, 1.165) is 20.3 Å². The monoisotopic (exact) mass is 481 g/mol. The predicted octanol–water partition coefficient (Wildman–Crippen LogP) is 3.29. The molecule has 8 heteroatoms. The third kappa shape index (κ3) is 2.90. The normalized spacial score (nSPS) is 15.9. The minimum absolute atomic E-state index is 0.0890. The first-order valence-corrected chi connectivity index (χ1v) is 10.7. The predicted molar refractivity (Wildman–Crippen MR) is 121 cm³/mol.